The number of nitrogens with one attached hydrogen (secondary N) is 1. The van der Waals surface area contributed by atoms with Gasteiger partial charge in [0.2, 0.25) is 0 Å². The lowest BCUT2D eigenvalue weighted by Crippen LogP contribution is -2.47. The number of hydrogen-bond acceptors (Lipinski definition) is 1. The van der Waals surface area contributed by atoms with Gasteiger partial charge in [-0.2, -0.15) is 13.2 Å². The third-order valence-electron chi connectivity index (χ3n) is 2.42. The van der Waals surface area contributed by atoms with Gasteiger partial charge in [-0.25, -0.2) is 0 Å². The van der Waals surface area contributed by atoms with Gasteiger partial charge in [0.1, 0.15) is 6.67 Å². The third kappa shape index (κ3) is 1.55. The van der Waals surface area contributed by atoms with Crippen LogP contribution < -0.4 is 5.32 Å². The average Bonchev–Trinajstić information content (AvgIpc) is 2.04. The highest BCUT2D eigenvalue weighted by molar-refractivity contribution is 4.90. The molecule has 1 saturated heterocycles. The van der Waals surface area contributed by atoms with Crippen LogP contribution in [0.5, 0.6) is 0 Å². The minimum Gasteiger partial charge on any atom is -0.317 e. The minimum atomic E-state index is -4.40. The van der Waals surface area contributed by atoms with Crippen molar-refractivity contribution in [3.8, 4) is 0 Å². The Balaban J connectivity index is 2.73. The molecule has 1 fully saturated rings. The molecular weight excluding hydrogens is 174 g/mol. The second kappa shape index (κ2) is 3.20. The molecule has 0 aromatic rings. The maximum absolute atomic E-state index is 12.3. The van der Waals surface area contributed by atoms with E-state index in [1.54, 1.807) is 0 Å². The molecule has 1 heterocycles. The lowest BCUT2D eigenvalue weighted by molar-refractivity contribution is -0.237. The van der Waals surface area contributed by atoms with Crippen LogP contribution in [0.1, 0.15) is 12.8 Å². The molecule has 1 N–H and O–H groups in total. The van der Waals surface area contributed by atoms with Crippen molar-refractivity contribution >= 4 is 0 Å². The largest absolute Gasteiger partial charge is 0.397 e. The lowest BCUT2D eigenvalue weighted by Gasteiger charge is -2.36. The first-order valence-corrected chi connectivity index (χ1v) is 3.85. The molecule has 0 atom stereocenters. The number of halogens is 4. The van der Waals surface area contributed by atoms with Crippen molar-refractivity contribution < 1.29 is 17.6 Å². The fraction of sp³-hybridized carbons (Fsp3) is 1.00. The van der Waals surface area contributed by atoms with E-state index in [1.807, 2.05) is 0 Å². The Hall–Kier alpha value is -0.320. The zero-order chi connectivity index (χ0) is 9.24. The predicted octanol–water partition coefficient (Wildman–Crippen LogP) is 1.89. The quantitative estimate of drug-likeness (QED) is 0.615. The van der Waals surface area contributed by atoms with Gasteiger partial charge in [0.15, 0.2) is 0 Å². The van der Waals surface area contributed by atoms with Crippen LogP contribution in [-0.4, -0.2) is 25.9 Å². The van der Waals surface area contributed by atoms with E-state index in [1.165, 1.54) is 0 Å². The molecule has 0 amide bonds. The Bertz CT molecular complexity index is 148. The number of alkyl halides is 4. The fourth-order valence-electron chi connectivity index (χ4n) is 1.40. The summed E-state index contributed by atoms with van der Waals surface area (Å²) < 4.78 is 49.3. The van der Waals surface area contributed by atoms with Gasteiger partial charge in [-0.1, -0.05) is 0 Å². The maximum atomic E-state index is 12.3. The van der Waals surface area contributed by atoms with Crippen molar-refractivity contribution in [2.45, 2.75) is 19.0 Å². The van der Waals surface area contributed by atoms with Gasteiger partial charge in [-0.05, 0) is 25.9 Å². The van der Waals surface area contributed by atoms with Gasteiger partial charge in [-0.15, -0.1) is 0 Å². The van der Waals surface area contributed by atoms with Crippen molar-refractivity contribution in [3.63, 3.8) is 0 Å². The van der Waals surface area contributed by atoms with Gasteiger partial charge < -0.3 is 5.32 Å². The first-order valence-electron chi connectivity index (χ1n) is 3.85. The molecule has 0 radical (unpaired) electrons. The van der Waals surface area contributed by atoms with E-state index in [9.17, 15) is 17.6 Å². The van der Waals surface area contributed by atoms with Crippen LogP contribution in [0.15, 0.2) is 0 Å². The van der Waals surface area contributed by atoms with Gasteiger partial charge >= 0.3 is 6.18 Å². The number of piperidine rings is 1. The lowest BCUT2D eigenvalue weighted by atomic mass is 9.79. The summed E-state index contributed by atoms with van der Waals surface area (Å²) in [6.07, 6.45) is -4.69. The summed E-state index contributed by atoms with van der Waals surface area (Å²) in [5.41, 5.74) is -2.07. The molecule has 1 aliphatic rings. The molecule has 0 unspecified atom stereocenters. The standard InChI is InChI=1S/C7H11F4N/c8-5-6(7(9,10)11)1-3-12-4-2-6/h12H,1-5H2. The molecule has 72 valence electrons. The highest BCUT2D eigenvalue weighted by atomic mass is 19.4. The SMILES string of the molecule is FCC1(C(F)(F)F)CCNCC1. The normalized spacial score (nSPS) is 24.0. The monoisotopic (exact) mass is 185 g/mol. The summed E-state index contributed by atoms with van der Waals surface area (Å²) in [6, 6.07) is 0. The fourth-order valence-corrected chi connectivity index (χ4v) is 1.40. The van der Waals surface area contributed by atoms with Gasteiger partial charge in [0, 0.05) is 0 Å². The van der Waals surface area contributed by atoms with E-state index >= 15 is 0 Å². The van der Waals surface area contributed by atoms with Crippen LogP contribution in [0.4, 0.5) is 17.6 Å². The average molecular weight is 185 g/mol. The number of hydrogen-bond donors (Lipinski definition) is 1. The zero-order valence-corrected chi connectivity index (χ0v) is 6.55. The van der Waals surface area contributed by atoms with Gasteiger partial charge in [0.05, 0.1) is 5.41 Å². The summed E-state index contributed by atoms with van der Waals surface area (Å²) in [4.78, 5) is 0. The molecule has 0 bridgehead atoms. The summed E-state index contributed by atoms with van der Waals surface area (Å²) in [5.74, 6) is 0. The Morgan fingerprint density at radius 1 is 1.17 bits per heavy atom. The van der Waals surface area contributed by atoms with E-state index in [2.05, 4.69) is 5.32 Å². The Labute approximate surface area is 68.1 Å². The van der Waals surface area contributed by atoms with Crippen molar-refractivity contribution in [1.82, 2.24) is 5.32 Å². The first kappa shape index (κ1) is 9.77. The van der Waals surface area contributed by atoms with Gasteiger partial charge in [0.25, 0.3) is 0 Å². The number of rotatable bonds is 1. The highest BCUT2D eigenvalue weighted by Crippen LogP contribution is 2.45. The second-order valence-electron chi connectivity index (χ2n) is 3.16. The van der Waals surface area contributed by atoms with Crippen molar-refractivity contribution in [3.05, 3.63) is 0 Å². The highest BCUT2D eigenvalue weighted by Gasteiger charge is 2.54. The molecule has 1 aliphatic heterocycles. The molecule has 0 aliphatic carbocycles. The van der Waals surface area contributed by atoms with E-state index in [0.29, 0.717) is 0 Å². The molecule has 1 nitrogen and oxygen atoms in total. The van der Waals surface area contributed by atoms with E-state index in [4.69, 9.17) is 0 Å². The van der Waals surface area contributed by atoms with Crippen LogP contribution in [0.25, 0.3) is 0 Å². The van der Waals surface area contributed by atoms with Crippen LogP contribution in [-0.2, 0) is 0 Å². The van der Waals surface area contributed by atoms with Crippen molar-refractivity contribution in [2.24, 2.45) is 5.41 Å². The minimum absolute atomic E-state index is 0.146. The maximum Gasteiger partial charge on any atom is 0.397 e. The Morgan fingerprint density at radius 3 is 1.92 bits per heavy atom. The smallest absolute Gasteiger partial charge is 0.317 e. The molecule has 0 aromatic carbocycles. The van der Waals surface area contributed by atoms with E-state index in [0.717, 1.165) is 0 Å². The summed E-state index contributed by atoms with van der Waals surface area (Å²) >= 11 is 0. The summed E-state index contributed by atoms with van der Waals surface area (Å²) in [7, 11) is 0. The third-order valence-corrected chi connectivity index (χ3v) is 2.42. The Morgan fingerprint density at radius 2 is 1.67 bits per heavy atom. The molecule has 12 heavy (non-hydrogen) atoms. The molecular formula is C7H11F4N. The zero-order valence-electron chi connectivity index (χ0n) is 6.55. The summed E-state index contributed by atoms with van der Waals surface area (Å²) in [6.45, 7) is -0.787. The van der Waals surface area contributed by atoms with Crippen molar-refractivity contribution in [1.29, 1.82) is 0 Å². The van der Waals surface area contributed by atoms with E-state index < -0.39 is 18.3 Å². The van der Waals surface area contributed by atoms with Crippen LogP contribution in [0, 0.1) is 5.41 Å². The van der Waals surface area contributed by atoms with E-state index in [-0.39, 0.29) is 25.9 Å². The molecule has 5 heteroatoms. The topological polar surface area (TPSA) is 12.0 Å². The molecule has 1 rings (SSSR count). The first-order chi connectivity index (χ1) is 5.52. The second-order valence-corrected chi connectivity index (χ2v) is 3.16. The van der Waals surface area contributed by atoms with Crippen LogP contribution >= 0.6 is 0 Å². The predicted molar refractivity (Wildman–Crippen MR) is 36.6 cm³/mol. The van der Waals surface area contributed by atoms with Crippen LogP contribution in [0.2, 0.25) is 0 Å². The molecule has 0 spiro atoms. The van der Waals surface area contributed by atoms with Gasteiger partial charge in [-0.3, -0.25) is 4.39 Å². The molecule has 0 aromatic heterocycles. The Kier molecular flexibility index (Phi) is 2.61. The van der Waals surface area contributed by atoms with Crippen LogP contribution in [0.3, 0.4) is 0 Å². The summed E-state index contributed by atoms with van der Waals surface area (Å²) in [5, 5.41) is 2.78. The van der Waals surface area contributed by atoms with Crippen molar-refractivity contribution in [2.75, 3.05) is 19.8 Å². The molecule has 0 saturated carbocycles.